The summed E-state index contributed by atoms with van der Waals surface area (Å²) >= 11 is 0. The molecule has 38 heavy (non-hydrogen) atoms. The first kappa shape index (κ1) is 25.0. The van der Waals surface area contributed by atoms with E-state index in [2.05, 4.69) is 30.9 Å². The molecule has 0 unspecified atom stereocenters. The molecule has 4 aliphatic rings. The molecule has 4 heteroatoms. The summed E-state index contributed by atoms with van der Waals surface area (Å²) in [5.74, 6) is 9.90. The van der Waals surface area contributed by atoms with E-state index in [4.69, 9.17) is 9.47 Å². The minimum Gasteiger partial charge on any atom is -0.497 e. The average Bonchev–Trinajstić information content (AvgIpc) is 3.19. The largest absolute Gasteiger partial charge is 0.497 e. The van der Waals surface area contributed by atoms with Crippen molar-refractivity contribution in [1.82, 2.24) is 0 Å². The molecule has 2 fully saturated rings. The predicted molar refractivity (Wildman–Crippen MR) is 148 cm³/mol. The van der Waals surface area contributed by atoms with Gasteiger partial charge in [0.2, 0.25) is 0 Å². The van der Waals surface area contributed by atoms with E-state index in [1.54, 1.807) is 7.11 Å². The summed E-state index contributed by atoms with van der Waals surface area (Å²) in [6.07, 6.45) is 7.95. The Morgan fingerprint density at radius 1 is 0.947 bits per heavy atom. The van der Waals surface area contributed by atoms with Gasteiger partial charge in [0.05, 0.1) is 7.11 Å². The van der Waals surface area contributed by atoms with Gasteiger partial charge in [-0.25, -0.2) is 0 Å². The number of benzene rings is 2. The second-order valence-corrected chi connectivity index (χ2v) is 11.6. The average molecular weight is 509 g/mol. The molecule has 0 aromatic heterocycles. The lowest BCUT2D eigenvalue weighted by Gasteiger charge is -2.53. The number of fused-ring (bicyclic) bond motifs is 4. The van der Waals surface area contributed by atoms with Crippen molar-refractivity contribution >= 4 is 5.78 Å². The Hall–Kier alpha value is -3.29. The Morgan fingerprint density at radius 3 is 2.32 bits per heavy atom. The maximum absolute atomic E-state index is 12.3. The van der Waals surface area contributed by atoms with Crippen LogP contribution in [0.5, 0.6) is 17.2 Å². The van der Waals surface area contributed by atoms with E-state index in [1.807, 2.05) is 49.4 Å². The van der Waals surface area contributed by atoms with Crippen LogP contribution in [0.25, 0.3) is 0 Å². The van der Waals surface area contributed by atoms with Crippen molar-refractivity contribution in [2.75, 3.05) is 7.11 Å². The molecule has 0 bridgehead atoms. The van der Waals surface area contributed by atoms with Crippen LogP contribution in [-0.4, -0.2) is 23.6 Å². The number of aliphatic hydroxyl groups is 1. The van der Waals surface area contributed by atoms with E-state index in [9.17, 15) is 9.90 Å². The van der Waals surface area contributed by atoms with Crippen molar-refractivity contribution < 1.29 is 19.4 Å². The summed E-state index contributed by atoms with van der Waals surface area (Å²) in [6.45, 7) is 4.11. The van der Waals surface area contributed by atoms with E-state index in [1.165, 1.54) is 22.3 Å². The zero-order valence-electron chi connectivity index (χ0n) is 22.5. The Labute approximate surface area is 225 Å². The number of carbonyl (C=O) groups excluding carboxylic acids is 1. The maximum atomic E-state index is 12.3. The molecule has 4 nitrogen and oxygen atoms in total. The topological polar surface area (TPSA) is 55.8 Å². The van der Waals surface area contributed by atoms with Crippen molar-refractivity contribution in [2.24, 2.45) is 17.3 Å². The van der Waals surface area contributed by atoms with Gasteiger partial charge in [-0.2, -0.15) is 0 Å². The van der Waals surface area contributed by atoms with Crippen molar-refractivity contribution in [3.63, 3.8) is 0 Å². The summed E-state index contributed by atoms with van der Waals surface area (Å²) in [6, 6.07) is 16.1. The van der Waals surface area contributed by atoms with Crippen LogP contribution in [0.4, 0.5) is 0 Å². The van der Waals surface area contributed by atoms with Gasteiger partial charge in [-0.05, 0) is 116 Å². The van der Waals surface area contributed by atoms with Gasteiger partial charge >= 0.3 is 0 Å². The molecule has 4 aliphatic carbocycles. The fraction of sp³-hybridized carbons (Fsp3) is 0.441. The van der Waals surface area contributed by atoms with E-state index >= 15 is 0 Å². The summed E-state index contributed by atoms with van der Waals surface area (Å²) < 4.78 is 11.4. The number of carbonyl (C=O) groups is 1. The van der Waals surface area contributed by atoms with Gasteiger partial charge < -0.3 is 14.6 Å². The maximum Gasteiger partial charge on any atom is 0.156 e. The molecule has 196 valence electrons. The van der Waals surface area contributed by atoms with Crippen LogP contribution in [0.3, 0.4) is 0 Å². The molecule has 6 rings (SSSR count). The minimum absolute atomic E-state index is 0.187. The van der Waals surface area contributed by atoms with Crippen LogP contribution in [0.1, 0.15) is 70.3 Å². The van der Waals surface area contributed by atoms with Crippen molar-refractivity contribution in [1.29, 1.82) is 0 Å². The highest BCUT2D eigenvalue weighted by Gasteiger charge is 2.62. The molecule has 2 aromatic carbocycles. The summed E-state index contributed by atoms with van der Waals surface area (Å²) in [4.78, 5) is 12.3. The molecule has 0 radical (unpaired) electrons. The summed E-state index contributed by atoms with van der Waals surface area (Å²) in [5, 5.41) is 11.8. The second-order valence-electron chi connectivity index (χ2n) is 11.6. The van der Waals surface area contributed by atoms with Gasteiger partial charge in [-0.3, -0.25) is 4.79 Å². The lowest BCUT2D eigenvalue weighted by molar-refractivity contribution is -0.114. The van der Waals surface area contributed by atoms with Crippen LogP contribution in [0.15, 0.2) is 71.3 Å². The Kier molecular flexibility index (Phi) is 6.23. The lowest BCUT2D eigenvalue weighted by Crippen LogP contribution is -2.51. The smallest absolute Gasteiger partial charge is 0.156 e. The van der Waals surface area contributed by atoms with Crippen molar-refractivity contribution in [3.05, 3.63) is 76.9 Å². The molecule has 1 N–H and O–H groups in total. The highest BCUT2D eigenvalue weighted by molar-refractivity contribution is 5.93. The fourth-order valence-electron chi connectivity index (χ4n) is 7.92. The molecular weight excluding hydrogens is 472 g/mol. The van der Waals surface area contributed by atoms with E-state index < -0.39 is 5.60 Å². The van der Waals surface area contributed by atoms with E-state index in [0.717, 1.165) is 55.8 Å². The van der Waals surface area contributed by atoms with Gasteiger partial charge in [0.25, 0.3) is 0 Å². The standard InChI is InChI=1S/C34H36O4/c1-4-18-34(36)19-17-31-29-15-7-23-20-24(35)8-16-28(23)32(29)30(21-33(31,34)2)22-5-9-26(10-6-22)38-27-13-11-25(37-3)12-14-27/h5-6,9-14,20,29-31,36H,7-8,15-17,19,21H2,1-3H3/t29-,30+,31-,33-,34-/m0/s1. The normalized spacial score (nSPS) is 31.8. The van der Waals surface area contributed by atoms with Crippen LogP contribution >= 0.6 is 0 Å². The Morgan fingerprint density at radius 2 is 1.63 bits per heavy atom. The van der Waals surface area contributed by atoms with Crippen LogP contribution in [-0.2, 0) is 4.79 Å². The third-order valence-electron chi connectivity index (χ3n) is 9.80. The highest BCUT2D eigenvalue weighted by Crippen LogP contribution is 2.66. The number of hydrogen-bond donors (Lipinski definition) is 1. The van der Waals surface area contributed by atoms with Gasteiger partial charge in [-0.1, -0.05) is 30.6 Å². The molecular formula is C34H36O4. The monoisotopic (exact) mass is 508 g/mol. The second kappa shape index (κ2) is 9.47. The molecule has 0 amide bonds. The number of methoxy groups -OCH3 is 1. The third kappa shape index (κ3) is 4.00. The molecule has 0 spiro atoms. The van der Waals surface area contributed by atoms with Gasteiger partial charge in [-0.15, -0.1) is 5.92 Å². The molecule has 0 heterocycles. The number of ketones is 1. The quantitative estimate of drug-likeness (QED) is 0.446. The highest BCUT2D eigenvalue weighted by atomic mass is 16.5. The zero-order chi connectivity index (χ0) is 26.5. The Bertz CT molecular complexity index is 1370. The zero-order valence-corrected chi connectivity index (χ0v) is 22.5. The van der Waals surface area contributed by atoms with Crippen LogP contribution in [0, 0.1) is 29.1 Å². The first-order valence-electron chi connectivity index (χ1n) is 13.9. The predicted octanol–water partition coefficient (Wildman–Crippen LogP) is 7.14. The Balaban J connectivity index is 1.39. The first-order valence-corrected chi connectivity index (χ1v) is 13.9. The van der Waals surface area contributed by atoms with Crippen LogP contribution < -0.4 is 9.47 Å². The van der Waals surface area contributed by atoms with E-state index in [-0.39, 0.29) is 17.1 Å². The number of rotatable bonds is 4. The van der Waals surface area contributed by atoms with Gasteiger partial charge in [0.1, 0.15) is 22.8 Å². The molecule has 0 aliphatic heterocycles. The summed E-state index contributed by atoms with van der Waals surface area (Å²) in [7, 11) is 1.65. The number of allylic oxidation sites excluding steroid dienone is 4. The lowest BCUT2D eigenvalue weighted by atomic mass is 9.51. The molecule has 0 saturated heterocycles. The van der Waals surface area contributed by atoms with Gasteiger partial charge in [0, 0.05) is 17.8 Å². The van der Waals surface area contributed by atoms with Crippen LogP contribution in [0.2, 0.25) is 0 Å². The molecule has 2 aromatic rings. The van der Waals surface area contributed by atoms with E-state index in [0.29, 0.717) is 18.3 Å². The van der Waals surface area contributed by atoms with Crippen molar-refractivity contribution in [2.45, 2.75) is 70.3 Å². The molecule has 2 saturated carbocycles. The SMILES string of the molecule is CC#C[C@]1(O)CC[C@H]2[C@@H]3CCC4=CC(=O)CCC4=C3[C@@H](c3ccc(Oc4ccc(OC)cc4)cc3)C[C@@]21C. The number of ether oxygens (including phenoxy) is 2. The fourth-order valence-corrected chi connectivity index (χ4v) is 7.92. The first-order chi connectivity index (χ1) is 18.3. The summed E-state index contributed by atoms with van der Waals surface area (Å²) in [5.41, 5.74) is 4.20. The minimum atomic E-state index is -0.961. The third-order valence-corrected chi connectivity index (χ3v) is 9.80. The molecule has 5 atom stereocenters. The van der Waals surface area contributed by atoms with Crippen molar-refractivity contribution in [3.8, 4) is 29.1 Å². The van der Waals surface area contributed by atoms with Gasteiger partial charge in [0.15, 0.2) is 5.78 Å². The number of hydrogen-bond acceptors (Lipinski definition) is 4.